The molecule has 30 heavy (non-hydrogen) atoms. The van der Waals surface area contributed by atoms with Crippen molar-refractivity contribution in [2.45, 2.75) is 12.8 Å². The summed E-state index contributed by atoms with van der Waals surface area (Å²) in [5, 5.41) is 4.16. The lowest BCUT2D eigenvalue weighted by molar-refractivity contribution is 1.24. The van der Waals surface area contributed by atoms with Gasteiger partial charge < -0.3 is 0 Å². The normalized spacial score (nSPS) is 11.1. The van der Waals surface area contributed by atoms with E-state index >= 15 is 0 Å². The van der Waals surface area contributed by atoms with Crippen LogP contribution < -0.4 is 0 Å². The molecule has 5 heteroatoms. The van der Waals surface area contributed by atoms with E-state index in [4.69, 9.17) is 22.2 Å². The number of thiophene rings is 2. The van der Waals surface area contributed by atoms with E-state index < -0.39 is 0 Å². The average molecular weight is 443 g/mol. The van der Waals surface area contributed by atoms with Gasteiger partial charge in [0, 0.05) is 17.7 Å². The van der Waals surface area contributed by atoms with Gasteiger partial charge in [-0.25, -0.2) is 9.97 Å². The van der Waals surface area contributed by atoms with Gasteiger partial charge >= 0.3 is 0 Å². The van der Waals surface area contributed by atoms with E-state index in [2.05, 4.69) is 77.5 Å². The number of fused-ring (bicyclic) bond motifs is 1. The molecule has 0 N–H and O–H groups in total. The Morgan fingerprint density at radius 2 is 1.30 bits per heavy atom. The van der Waals surface area contributed by atoms with E-state index in [0.717, 1.165) is 49.9 Å². The first-order valence-electron chi connectivity index (χ1n) is 9.70. The summed E-state index contributed by atoms with van der Waals surface area (Å²) in [5.74, 6) is 0. The van der Waals surface area contributed by atoms with Crippen LogP contribution in [-0.2, 0) is 12.8 Å². The number of thiocarbonyl (C=S) groups is 1. The Morgan fingerprint density at radius 3 is 1.93 bits per heavy atom. The van der Waals surface area contributed by atoms with Crippen LogP contribution in [0.25, 0.3) is 32.2 Å². The van der Waals surface area contributed by atoms with Gasteiger partial charge in [0.05, 0.1) is 20.8 Å². The van der Waals surface area contributed by atoms with Crippen molar-refractivity contribution in [1.29, 1.82) is 0 Å². The Hall–Kier alpha value is -2.73. The molecule has 146 valence electrons. The topological polar surface area (TPSA) is 25.8 Å². The Bertz CT molecular complexity index is 1290. The predicted octanol–water partition coefficient (Wildman–Crippen LogP) is 7.24. The van der Waals surface area contributed by atoms with Crippen LogP contribution >= 0.6 is 34.9 Å². The van der Waals surface area contributed by atoms with Crippen molar-refractivity contribution in [3.63, 3.8) is 0 Å². The molecule has 5 aromatic rings. The van der Waals surface area contributed by atoms with Crippen LogP contribution in [0.5, 0.6) is 0 Å². The minimum absolute atomic E-state index is 0.767. The molecule has 0 fully saturated rings. The largest absolute Gasteiger partial charge is 0.243 e. The molecule has 0 aliphatic carbocycles. The summed E-state index contributed by atoms with van der Waals surface area (Å²) in [7, 11) is 0. The zero-order chi connectivity index (χ0) is 20.3. The molecular weight excluding hydrogens is 424 g/mol. The zero-order valence-corrected chi connectivity index (χ0v) is 18.6. The zero-order valence-electron chi connectivity index (χ0n) is 16.1. The maximum atomic E-state index is 5.67. The monoisotopic (exact) mass is 442 g/mol. The van der Waals surface area contributed by atoms with Gasteiger partial charge in [-0.3, -0.25) is 0 Å². The lowest BCUT2D eigenvalue weighted by atomic mass is 10.0. The highest BCUT2D eigenvalue weighted by atomic mass is 32.1. The van der Waals surface area contributed by atoms with Gasteiger partial charge in [-0.05, 0) is 46.2 Å². The maximum absolute atomic E-state index is 5.67. The van der Waals surface area contributed by atoms with Crippen LogP contribution in [0.2, 0.25) is 0 Å². The van der Waals surface area contributed by atoms with Gasteiger partial charge in [0.25, 0.3) is 0 Å². The van der Waals surface area contributed by atoms with Crippen molar-refractivity contribution in [1.82, 2.24) is 9.97 Å². The SMILES string of the molecule is S=C(Cc1ccccc1)Cc1ccc2nc(-c3cccs3)c(-c3cccs3)nc2c1. The van der Waals surface area contributed by atoms with Crippen LogP contribution in [0.15, 0.2) is 83.6 Å². The van der Waals surface area contributed by atoms with Gasteiger partial charge in [0.1, 0.15) is 11.4 Å². The van der Waals surface area contributed by atoms with Crippen LogP contribution in [0.4, 0.5) is 0 Å². The summed E-state index contributed by atoms with van der Waals surface area (Å²) in [4.78, 5) is 13.3. The van der Waals surface area contributed by atoms with Crippen molar-refractivity contribution in [3.8, 4) is 21.1 Å². The summed E-state index contributed by atoms with van der Waals surface area (Å²) in [5.41, 5.74) is 6.16. The third-order valence-corrected chi connectivity index (χ3v) is 6.93. The van der Waals surface area contributed by atoms with Gasteiger partial charge in [-0.1, -0.05) is 60.7 Å². The number of aromatic nitrogens is 2. The van der Waals surface area contributed by atoms with Crippen molar-refractivity contribution >= 4 is 50.8 Å². The smallest absolute Gasteiger partial charge is 0.108 e. The highest BCUT2D eigenvalue weighted by Crippen LogP contribution is 2.35. The van der Waals surface area contributed by atoms with Crippen LogP contribution in [-0.4, -0.2) is 14.8 Å². The summed E-state index contributed by atoms with van der Waals surface area (Å²) in [6.45, 7) is 0. The molecule has 2 nitrogen and oxygen atoms in total. The maximum Gasteiger partial charge on any atom is 0.108 e. The Kier molecular flexibility index (Phi) is 5.49. The highest BCUT2D eigenvalue weighted by Gasteiger charge is 2.15. The first kappa shape index (κ1) is 19.2. The van der Waals surface area contributed by atoms with E-state index in [-0.39, 0.29) is 0 Å². The Labute approximate surface area is 188 Å². The molecule has 0 saturated carbocycles. The second kappa shape index (κ2) is 8.56. The molecule has 0 spiro atoms. The molecule has 0 bridgehead atoms. The minimum atomic E-state index is 0.767. The summed E-state index contributed by atoms with van der Waals surface area (Å²) in [6, 6.07) is 25.0. The Balaban J connectivity index is 1.50. The number of hydrogen-bond acceptors (Lipinski definition) is 5. The molecule has 2 aromatic carbocycles. The molecule has 3 heterocycles. The van der Waals surface area contributed by atoms with E-state index in [1.807, 2.05) is 6.07 Å². The standard InChI is InChI=1S/C25H18N2S3/c28-19(14-17-6-2-1-3-7-17)15-18-10-11-20-21(16-18)27-25(23-9-5-13-30-23)24(26-20)22-8-4-12-29-22/h1-13,16H,14-15H2. The summed E-state index contributed by atoms with van der Waals surface area (Å²) < 4.78 is 0. The third-order valence-electron chi connectivity index (χ3n) is 4.88. The minimum Gasteiger partial charge on any atom is -0.243 e. The number of hydrogen-bond donors (Lipinski definition) is 0. The molecule has 0 atom stereocenters. The van der Waals surface area contributed by atoms with Gasteiger partial charge in [0.15, 0.2) is 0 Å². The number of benzene rings is 2. The molecule has 5 rings (SSSR count). The third kappa shape index (κ3) is 4.10. The van der Waals surface area contributed by atoms with E-state index in [1.165, 1.54) is 11.1 Å². The predicted molar refractivity (Wildman–Crippen MR) is 133 cm³/mol. The Morgan fingerprint density at radius 1 is 0.667 bits per heavy atom. The van der Waals surface area contributed by atoms with Gasteiger partial charge in [-0.15, -0.1) is 22.7 Å². The molecule has 0 aliphatic rings. The second-order valence-electron chi connectivity index (χ2n) is 7.08. The number of rotatable bonds is 6. The molecular formula is C25H18N2S3. The van der Waals surface area contributed by atoms with Gasteiger partial charge in [0.2, 0.25) is 0 Å². The first-order chi connectivity index (χ1) is 14.8. The highest BCUT2D eigenvalue weighted by molar-refractivity contribution is 7.80. The van der Waals surface area contributed by atoms with Crippen molar-refractivity contribution in [3.05, 3.63) is 94.7 Å². The summed E-state index contributed by atoms with van der Waals surface area (Å²) in [6.07, 6.45) is 1.58. The van der Waals surface area contributed by atoms with Crippen LogP contribution in [0, 0.1) is 0 Å². The van der Waals surface area contributed by atoms with E-state index in [1.54, 1.807) is 22.7 Å². The van der Waals surface area contributed by atoms with E-state index in [0.29, 0.717) is 0 Å². The summed E-state index contributed by atoms with van der Waals surface area (Å²) >= 11 is 9.06. The number of nitrogens with zero attached hydrogens (tertiary/aromatic N) is 2. The molecule has 3 aromatic heterocycles. The van der Waals surface area contributed by atoms with Gasteiger partial charge in [-0.2, -0.15) is 0 Å². The fraction of sp³-hybridized carbons (Fsp3) is 0.0800. The molecule has 0 saturated heterocycles. The van der Waals surface area contributed by atoms with Crippen LogP contribution in [0.1, 0.15) is 11.1 Å². The fourth-order valence-electron chi connectivity index (χ4n) is 3.49. The van der Waals surface area contributed by atoms with Crippen LogP contribution in [0.3, 0.4) is 0 Å². The average Bonchev–Trinajstić information content (AvgIpc) is 3.48. The lowest BCUT2D eigenvalue weighted by Crippen LogP contribution is -2.04. The van der Waals surface area contributed by atoms with Crippen molar-refractivity contribution in [2.24, 2.45) is 0 Å². The quantitative estimate of drug-likeness (QED) is 0.259. The lowest BCUT2D eigenvalue weighted by Gasteiger charge is -2.09. The van der Waals surface area contributed by atoms with E-state index in [9.17, 15) is 0 Å². The molecule has 0 radical (unpaired) electrons. The molecule has 0 unspecified atom stereocenters. The van der Waals surface area contributed by atoms with Crippen molar-refractivity contribution < 1.29 is 0 Å². The molecule has 0 amide bonds. The first-order valence-corrected chi connectivity index (χ1v) is 11.9. The van der Waals surface area contributed by atoms with Crippen molar-refractivity contribution in [2.75, 3.05) is 0 Å². The molecule has 0 aliphatic heterocycles. The second-order valence-corrected chi connectivity index (χ2v) is 9.55. The fourth-order valence-corrected chi connectivity index (χ4v) is 5.26.